The van der Waals surface area contributed by atoms with Crippen molar-refractivity contribution in [3.63, 3.8) is 0 Å². The Kier molecular flexibility index (Phi) is 2.25. The molecule has 0 aliphatic heterocycles. The van der Waals surface area contributed by atoms with Crippen LogP contribution in [0.15, 0.2) is 0 Å². The number of rotatable bonds is 1. The molecule has 0 spiro atoms. The molecule has 1 amide bonds. The minimum absolute atomic E-state index is 0. The average Bonchev–Trinajstić information content (AvgIpc) is 2.17. The molecule has 0 aromatic rings. The van der Waals surface area contributed by atoms with E-state index in [0.29, 0.717) is 0 Å². The Morgan fingerprint density at radius 1 is 1.62 bits per heavy atom. The third kappa shape index (κ3) is 1.35. The molecular formula is C4H9ClN2O. The summed E-state index contributed by atoms with van der Waals surface area (Å²) in [7, 11) is 0. The van der Waals surface area contributed by atoms with Gasteiger partial charge in [0.25, 0.3) is 0 Å². The van der Waals surface area contributed by atoms with Crippen LogP contribution >= 0.6 is 12.4 Å². The summed E-state index contributed by atoms with van der Waals surface area (Å²) in [5, 5.41) is 0. The van der Waals surface area contributed by atoms with Crippen LogP contribution in [0, 0.1) is 5.92 Å². The fraction of sp³-hybridized carbons (Fsp3) is 0.750. The summed E-state index contributed by atoms with van der Waals surface area (Å²) in [6.07, 6.45) is 0.787. The molecule has 3 nitrogen and oxygen atoms in total. The topological polar surface area (TPSA) is 69.1 Å². The summed E-state index contributed by atoms with van der Waals surface area (Å²) in [4.78, 5) is 10.1. The maximum Gasteiger partial charge on any atom is 0.222 e. The summed E-state index contributed by atoms with van der Waals surface area (Å²) < 4.78 is 0. The number of carbonyl (C=O) groups excluding carboxylic acids is 1. The van der Waals surface area contributed by atoms with Crippen LogP contribution in [-0.2, 0) is 4.79 Å². The molecule has 1 unspecified atom stereocenters. The van der Waals surface area contributed by atoms with Crippen molar-refractivity contribution in [2.24, 2.45) is 17.4 Å². The number of hydrogen-bond acceptors (Lipinski definition) is 2. The second kappa shape index (κ2) is 2.33. The van der Waals surface area contributed by atoms with Crippen molar-refractivity contribution >= 4 is 18.3 Å². The van der Waals surface area contributed by atoms with Gasteiger partial charge in [-0.1, -0.05) is 0 Å². The number of primary amides is 1. The van der Waals surface area contributed by atoms with E-state index in [1.165, 1.54) is 0 Å². The second-order valence-electron chi connectivity index (χ2n) is 1.91. The first-order valence-electron chi connectivity index (χ1n) is 2.26. The molecule has 0 bridgehead atoms. The van der Waals surface area contributed by atoms with Crippen molar-refractivity contribution in [3.05, 3.63) is 0 Å². The van der Waals surface area contributed by atoms with E-state index >= 15 is 0 Å². The van der Waals surface area contributed by atoms with E-state index in [2.05, 4.69) is 0 Å². The number of nitrogens with two attached hydrogens (primary N) is 2. The van der Waals surface area contributed by atoms with Crippen molar-refractivity contribution in [2.75, 3.05) is 0 Å². The van der Waals surface area contributed by atoms with Gasteiger partial charge in [-0.15, -0.1) is 12.4 Å². The van der Waals surface area contributed by atoms with Gasteiger partial charge in [-0.25, -0.2) is 0 Å². The highest BCUT2D eigenvalue weighted by molar-refractivity contribution is 5.85. The average molecular weight is 137 g/mol. The van der Waals surface area contributed by atoms with Crippen molar-refractivity contribution in [1.29, 1.82) is 0 Å². The number of carbonyl (C=O) groups is 1. The van der Waals surface area contributed by atoms with Gasteiger partial charge in [-0.3, -0.25) is 4.79 Å². The van der Waals surface area contributed by atoms with Crippen LogP contribution in [0.4, 0.5) is 0 Å². The summed E-state index contributed by atoms with van der Waals surface area (Å²) in [5.74, 6) is -0.271. The van der Waals surface area contributed by atoms with E-state index in [0.717, 1.165) is 6.42 Å². The maximum atomic E-state index is 10.1. The molecule has 4 N–H and O–H groups in total. The van der Waals surface area contributed by atoms with E-state index in [1.54, 1.807) is 0 Å². The van der Waals surface area contributed by atoms with Crippen molar-refractivity contribution in [2.45, 2.75) is 12.5 Å². The molecule has 1 aliphatic rings. The van der Waals surface area contributed by atoms with Gasteiger partial charge < -0.3 is 11.5 Å². The molecule has 0 heterocycles. The van der Waals surface area contributed by atoms with E-state index in [1.807, 2.05) is 0 Å². The van der Waals surface area contributed by atoms with Crippen LogP contribution in [-0.4, -0.2) is 11.9 Å². The lowest BCUT2D eigenvalue weighted by molar-refractivity contribution is -0.119. The smallest absolute Gasteiger partial charge is 0.222 e. The second-order valence-corrected chi connectivity index (χ2v) is 1.91. The summed E-state index contributed by atoms with van der Waals surface area (Å²) >= 11 is 0. The summed E-state index contributed by atoms with van der Waals surface area (Å²) in [5.41, 5.74) is 10.1. The normalized spacial score (nSPS) is 33.1. The molecule has 1 aliphatic carbocycles. The Morgan fingerprint density at radius 2 is 2.00 bits per heavy atom. The summed E-state index contributed by atoms with van der Waals surface area (Å²) in [6.45, 7) is 0. The first-order valence-corrected chi connectivity index (χ1v) is 2.26. The third-order valence-electron chi connectivity index (χ3n) is 1.21. The minimum Gasteiger partial charge on any atom is -0.369 e. The van der Waals surface area contributed by atoms with Gasteiger partial charge in [-0.2, -0.15) is 0 Å². The van der Waals surface area contributed by atoms with Gasteiger partial charge in [0.1, 0.15) is 0 Å². The molecule has 0 aromatic carbocycles. The molecule has 0 radical (unpaired) electrons. The highest BCUT2D eigenvalue weighted by Gasteiger charge is 2.38. The third-order valence-corrected chi connectivity index (χ3v) is 1.21. The Morgan fingerprint density at radius 3 is 2.00 bits per heavy atom. The van der Waals surface area contributed by atoms with Gasteiger partial charge in [0.05, 0.1) is 5.92 Å². The molecule has 4 heteroatoms. The Bertz CT molecular complexity index is 106. The molecular weight excluding hydrogens is 128 g/mol. The predicted molar refractivity (Wildman–Crippen MR) is 32.5 cm³/mol. The lowest BCUT2D eigenvalue weighted by Gasteiger charge is -1.81. The van der Waals surface area contributed by atoms with Crippen molar-refractivity contribution in [3.8, 4) is 0 Å². The van der Waals surface area contributed by atoms with Crippen molar-refractivity contribution < 1.29 is 4.79 Å². The monoisotopic (exact) mass is 136 g/mol. The van der Waals surface area contributed by atoms with E-state index in [4.69, 9.17) is 11.5 Å². The van der Waals surface area contributed by atoms with Gasteiger partial charge in [0.2, 0.25) is 5.91 Å². The largest absolute Gasteiger partial charge is 0.369 e. The van der Waals surface area contributed by atoms with Gasteiger partial charge in [0.15, 0.2) is 0 Å². The zero-order chi connectivity index (χ0) is 5.44. The Labute approximate surface area is 53.8 Å². The molecule has 1 saturated carbocycles. The Balaban J connectivity index is 0.000000490. The number of hydrogen-bond donors (Lipinski definition) is 2. The minimum atomic E-state index is -0.257. The predicted octanol–water partition coefficient (Wildman–Crippen LogP) is -0.759. The summed E-state index contributed by atoms with van der Waals surface area (Å²) in [6, 6.07) is 0.0671. The lowest BCUT2D eigenvalue weighted by atomic mass is 10.4. The van der Waals surface area contributed by atoms with Crippen LogP contribution < -0.4 is 11.5 Å². The molecule has 1 rings (SSSR count). The van der Waals surface area contributed by atoms with Crippen molar-refractivity contribution in [1.82, 2.24) is 0 Å². The molecule has 1 fully saturated rings. The molecule has 48 valence electrons. The fourth-order valence-electron chi connectivity index (χ4n) is 0.542. The van der Waals surface area contributed by atoms with Gasteiger partial charge in [-0.05, 0) is 6.42 Å². The van der Waals surface area contributed by atoms with E-state index < -0.39 is 0 Å². The van der Waals surface area contributed by atoms with Crippen LogP contribution in [0.5, 0.6) is 0 Å². The molecule has 8 heavy (non-hydrogen) atoms. The number of halogens is 1. The van der Waals surface area contributed by atoms with Crippen LogP contribution in [0.3, 0.4) is 0 Å². The van der Waals surface area contributed by atoms with E-state index in [9.17, 15) is 4.79 Å². The Hall–Kier alpha value is -0.280. The number of amides is 1. The highest BCUT2D eigenvalue weighted by atomic mass is 35.5. The van der Waals surface area contributed by atoms with Crippen LogP contribution in [0.25, 0.3) is 0 Å². The van der Waals surface area contributed by atoms with E-state index in [-0.39, 0.29) is 30.3 Å². The standard InChI is InChI=1S/C4H8N2O.ClH/c5-3-1-2(3)4(6)7;/h2-3H,1,5H2,(H2,6,7);1H/t2-,3?;/m0./s1. The van der Waals surface area contributed by atoms with Crippen LogP contribution in [0.2, 0.25) is 0 Å². The quantitative estimate of drug-likeness (QED) is 0.498. The van der Waals surface area contributed by atoms with Crippen LogP contribution in [0.1, 0.15) is 6.42 Å². The molecule has 0 aromatic heterocycles. The lowest BCUT2D eigenvalue weighted by Crippen LogP contribution is -2.18. The van der Waals surface area contributed by atoms with Gasteiger partial charge >= 0.3 is 0 Å². The first kappa shape index (κ1) is 7.72. The zero-order valence-electron chi connectivity index (χ0n) is 4.33. The SMILES string of the molecule is Cl.NC(=O)[C@H]1CC1N. The van der Waals surface area contributed by atoms with Gasteiger partial charge in [0, 0.05) is 6.04 Å². The first-order chi connectivity index (χ1) is 3.22. The fourth-order valence-corrected chi connectivity index (χ4v) is 0.542. The maximum absolute atomic E-state index is 10.1. The zero-order valence-corrected chi connectivity index (χ0v) is 5.15. The molecule has 0 saturated heterocycles. The highest BCUT2D eigenvalue weighted by Crippen LogP contribution is 2.26. The molecule has 2 atom stereocenters.